The molecule has 31 heavy (non-hydrogen) atoms. The van der Waals surface area contributed by atoms with Gasteiger partial charge in [0, 0.05) is 11.1 Å². The predicted molar refractivity (Wildman–Crippen MR) is 115 cm³/mol. The summed E-state index contributed by atoms with van der Waals surface area (Å²) in [5.74, 6) is -4.09. The van der Waals surface area contributed by atoms with Gasteiger partial charge in [-0.1, -0.05) is 29.8 Å². The Morgan fingerprint density at radius 2 is 1.68 bits per heavy atom. The Morgan fingerprint density at radius 1 is 1.06 bits per heavy atom. The van der Waals surface area contributed by atoms with Crippen molar-refractivity contribution in [2.45, 2.75) is 39.3 Å². The number of nitrogens with zero attached hydrogens (tertiary/aromatic N) is 1. The summed E-state index contributed by atoms with van der Waals surface area (Å²) in [6.45, 7) is 6.71. The number of amides is 2. The van der Waals surface area contributed by atoms with Crippen LogP contribution in [0.15, 0.2) is 30.3 Å². The molecule has 7 nitrogen and oxygen atoms in total. The van der Waals surface area contributed by atoms with E-state index >= 15 is 0 Å². The number of hydrogen-bond acceptors (Lipinski definition) is 5. The Morgan fingerprint density at radius 3 is 2.23 bits per heavy atom. The molecule has 4 unspecified atom stereocenters. The first-order valence-electron chi connectivity index (χ1n) is 9.92. The van der Waals surface area contributed by atoms with Crippen LogP contribution in [0.3, 0.4) is 0 Å². The second kappa shape index (κ2) is 7.07. The quantitative estimate of drug-likeness (QED) is 0.630. The average Bonchev–Trinajstić information content (AvgIpc) is 3.16. The van der Waals surface area contributed by atoms with E-state index in [1.165, 1.54) is 6.92 Å². The number of aromatic hydroxyl groups is 1. The Hall–Kier alpha value is -2.90. The van der Waals surface area contributed by atoms with E-state index in [4.69, 9.17) is 11.6 Å². The Kier molecular flexibility index (Phi) is 4.87. The molecule has 2 heterocycles. The van der Waals surface area contributed by atoms with Crippen molar-refractivity contribution in [3.8, 4) is 5.75 Å². The third-order valence-electron chi connectivity index (χ3n) is 6.52. The van der Waals surface area contributed by atoms with E-state index in [1.54, 1.807) is 44.2 Å². The van der Waals surface area contributed by atoms with Crippen molar-refractivity contribution >= 4 is 35.1 Å². The van der Waals surface area contributed by atoms with E-state index in [1.807, 2.05) is 6.92 Å². The number of carbonyl (C=O) groups excluding carboxylic acids is 2. The molecule has 2 saturated heterocycles. The number of fused-ring (bicyclic) bond motifs is 1. The van der Waals surface area contributed by atoms with Crippen LogP contribution in [-0.2, 0) is 14.4 Å². The fourth-order valence-corrected chi connectivity index (χ4v) is 4.94. The summed E-state index contributed by atoms with van der Waals surface area (Å²) in [6, 6.07) is 7.62. The fraction of sp³-hybridized carbons (Fsp3) is 0.348. The topological polar surface area (TPSA) is 107 Å². The van der Waals surface area contributed by atoms with Crippen LogP contribution in [-0.4, -0.2) is 33.5 Å². The number of carbonyl (C=O) groups is 3. The maximum absolute atomic E-state index is 13.5. The average molecular weight is 443 g/mol. The number of hydrogen-bond donors (Lipinski definition) is 3. The molecule has 0 saturated carbocycles. The number of halogens is 1. The Labute approximate surface area is 184 Å². The van der Waals surface area contributed by atoms with E-state index in [0.29, 0.717) is 27.4 Å². The number of aryl methyl sites for hydroxylation is 3. The van der Waals surface area contributed by atoms with Gasteiger partial charge in [-0.3, -0.25) is 19.7 Å². The number of phenolic OH excluding ortho intramolecular Hbond substituents is 1. The van der Waals surface area contributed by atoms with Crippen LogP contribution in [0.5, 0.6) is 5.75 Å². The van der Waals surface area contributed by atoms with Crippen LogP contribution in [0.4, 0.5) is 5.69 Å². The minimum absolute atomic E-state index is 0.143. The molecule has 4 rings (SSSR count). The number of phenols is 1. The molecule has 0 aliphatic carbocycles. The molecule has 0 radical (unpaired) electrons. The first-order valence-corrected chi connectivity index (χ1v) is 10.3. The van der Waals surface area contributed by atoms with Gasteiger partial charge in [0.2, 0.25) is 11.8 Å². The molecule has 2 fully saturated rings. The van der Waals surface area contributed by atoms with Gasteiger partial charge in [0.15, 0.2) is 0 Å². The molecular weight excluding hydrogens is 420 g/mol. The summed E-state index contributed by atoms with van der Waals surface area (Å²) in [7, 11) is 0. The predicted octanol–water partition coefficient (Wildman–Crippen LogP) is 3.26. The molecule has 0 aromatic heterocycles. The number of aliphatic carboxylic acids is 1. The van der Waals surface area contributed by atoms with Crippen molar-refractivity contribution in [3.05, 3.63) is 57.6 Å². The molecule has 2 amide bonds. The molecule has 2 aliphatic rings. The standard InChI is InChI=1S/C23H23ClN2O5/c1-10-5-6-14(9-15(10)24)26-20(28)16-17(21(26)29)23(4,22(30)31)25-18(16)13-7-11(2)19(27)12(3)8-13/h5-9,16-18,25,27H,1-4H3,(H,30,31). The fourth-order valence-electron chi connectivity index (χ4n) is 4.77. The van der Waals surface area contributed by atoms with Crippen molar-refractivity contribution in [1.82, 2.24) is 5.32 Å². The molecule has 3 N–H and O–H groups in total. The van der Waals surface area contributed by atoms with E-state index in [9.17, 15) is 24.6 Å². The number of rotatable bonds is 3. The van der Waals surface area contributed by atoms with Gasteiger partial charge >= 0.3 is 5.97 Å². The van der Waals surface area contributed by atoms with Gasteiger partial charge < -0.3 is 10.2 Å². The first-order chi connectivity index (χ1) is 14.5. The van der Waals surface area contributed by atoms with Crippen molar-refractivity contribution in [2.24, 2.45) is 11.8 Å². The highest BCUT2D eigenvalue weighted by Gasteiger charge is 2.67. The molecule has 162 valence electrons. The highest BCUT2D eigenvalue weighted by Crippen LogP contribution is 2.50. The zero-order valence-corrected chi connectivity index (χ0v) is 18.3. The molecule has 0 spiro atoms. The third-order valence-corrected chi connectivity index (χ3v) is 6.93. The minimum atomic E-state index is -1.63. The summed E-state index contributed by atoms with van der Waals surface area (Å²) in [5.41, 5.74) is 1.36. The number of carboxylic acids is 1. The molecule has 2 aliphatic heterocycles. The molecule has 8 heteroatoms. The Balaban J connectivity index is 1.85. The third kappa shape index (κ3) is 3.03. The number of anilines is 1. The molecule has 2 aromatic rings. The highest BCUT2D eigenvalue weighted by molar-refractivity contribution is 6.32. The minimum Gasteiger partial charge on any atom is -0.507 e. The number of benzene rings is 2. The molecule has 0 bridgehead atoms. The van der Waals surface area contributed by atoms with E-state index < -0.39 is 41.2 Å². The van der Waals surface area contributed by atoms with Gasteiger partial charge in [-0.05, 0) is 62.1 Å². The molecule has 4 atom stereocenters. The normalized spacial score (nSPS) is 27.6. The highest BCUT2D eigenvalue weighted by atomic mass is 35.5. The maximum atomic E-state index is 13.5. The Bertz CT molecular complexity index is 1120. The summed E-state index contributed by atoms with van der Waals surface area (Å²) in [5, 5.41) is 23.6. The summed E-state index contributed by atoms with van der Waals surface area (Å²) >= 11 is 6.21. The van der Waals surface area contributed by atoms with E-state index in [-0.39, 0.29) is 5.75 Å². The van der Waals surface area contributed by atoms with Crippen LogP contribution in [0.2, 0.25) is 5.02 Å². The second-order valence-electron chi connectivity index (χ2n) is 8.58. The summed E-state index contributed by atoms with van der Waals surface area (Å²) < 4.78 is 0. The summed E-state index contributed by atoms with van der Waals surface area (Å²) in [6.07, 6.45) is 0. The lowest BCUT2D eigenvalue weighted by atomic mass is 9.80. The molecule has 2 aromatic carbocycles. The number of nitrogens with one attached hydrogen (secondary N) is 1. The lowest BCUT2D eigenvalue weighted by Gasteiger charge is -2.27. The van der Waals surface area contributed by atoms with Crippen molar-refractivity contribution < 1.29 is 24.6 Å². The van der Waals surface area contributed by atoms with Gasteiger partial charge in [0.1, 0.15) is 11.3 Å². The van der Waals surface area contributed by atoms with Crippen LogP contribution in [0.1, 0.15) is 35.2 Å². The van der Waals surface area contributed by atoms with Crippen molar-refractivity contribution in [2.75, 3.05) is 4.90 Å². The smallest absolute Gasteiger partial charge is 0.324 e. The number of carboxylic acid groups (broad SMARTS) is 1. The SMILES string of the molecule is Cc1ccc(N2C(=O)C3C(c4cc(C)c(O)c(C)c4)NC(C)(C(=O)O)C3C2=O)cc1Cl. The van der Waals surface area contributed by atoms with Crippen molar-refractivity contribution in [1.29, 1.82) is 0 Å². The van der Waals surface area contributed by atoms with Gasteiger partial charge in [-0.15, -0.1) is 0 Å². The van der Waals surface area contributed by atoms with Crippen LogP contribution in [0.25, 0.3) is 0 Å². The van der Waals surface area contributed by atoms with Gasteiger partial charge in [-0.25, -0.2) is 4.90 Å². The molecular formula is C23H23ClN2O5. The maximum Gasteiger partial charge on any atom is 0.324 e. The van der Waals surface area contributed by atoms with Crippen LogP contribution in [0, 0.1) is 32.6 Å². The van der Waals surface area contributed by atoms with Crippen LogP contribution < -0.4 is 10.2 Å². The second-order valence-corrected chi connectivity index (χ2v) is 8.99. The lowest BCUT2D eigenvalue weighted by Crippen LogP contribution is -2.53. The monoisotopic (exact) mass is 442 g/mol. The van der Waals surface area contributed by atoms with Crippen molar-refractivity contribution in [3.63, 3.8) is 0 Å². The zero-order valence-electron chi connectivity index (χ0n) is 17.6. The number of imide groups is 1. The van der Waals surface area contributed by atoms with Crippen LogP contribution >= 0.6 is 11.6 Å². The lowest BCUT2D eigenvalue weighted by molar-refractivity contribution is -0.147. The van der Waals surface area contributed by atoms with Gasteiger partial charge in [0.05, 0.1) is 17.5 Å². The summed E-state index contributed by atoms with van der Waals surface area (Å²) in [4.78, 5) is 40.2. The van der Waals surface area contributed by atoms with E-state index in [2.05, 4.69) is 5.32 Å². The van der Waals surface area contributed by atoms with Gasteiger partial charge in [0.25, 0.3) is 0 Å². The zero-order chi connectivity index (χ0) is 22.8. The van der Waals surface area contributed by atoms with Gasteiger partial charge in [-0.2, -0.15) is 0 Å². The largest absolute Gasteiger partial charge is 0.507 e. The van der Waals surface area contributed by atoms with E-state index in [0.717, 1.165) is 10.5 Å². The first kappa shape index (κ1) is 21.3.